The van der Waals surface area contributed by atoms with E-state index in [1.54, 1.807) is 6.20 Å². The lowest BCUT2D eigenvalue weighted by Crippen LogP contribution is -1.83. The molecule has 1 aromatic carbocycles. The zero-order valence-electron chi connectivity index (χ0n) is 7.87. The molecule has 0 aliphatic rings. The first kappa shape index (κ1) is 9.22. The molecule has 0 aliphatic carbocycles. The van der Waals surface area contributed by atoms with Gasteiger partial charge >= 0.3 is 0 Å². The van der Waals surface area contributed by atoms with Crippen molar-refractivity contribution in [1.82, 2.24) is 4.98 Å². The summed E-state index contributed by atoms with van der Waals surface area (Å²) >= 11 is 5.83. The van der Waals surface area contributed by atoms with E-state index in [0.29, 0.717) is 0 Å². The predicted molar refractivity (Wildman–Crippen MR) is 59.4 cm³/mol. The van der Waals surface area contributed by atoms with Crippen LogP contribution in [0.25, 0.3) is 11.1 Å². The summed E-state index contributed by atoms with van der Waals surface area (Å²) in [5, 5.41) is 0.764. The normalized spacial score (nSPS) is 10.1. The molecule has 2 rings (SSSR count). The number of nitrogens with zero attached hydrogens (tertiary/aromatic N) is 1. The lowest BCUT2D eigenvalue weighted by molar-refractivity contribution is 1.27. The van der Waals surface area contributed by atoms with Gasteiger partial charge in [0.15, 0.2) is 0 Å². The molecule has 1 nitrogen and oxygen atoms in total. The summed E-state index contributed by atoms with van der Waals surface area (Å²) in [4.78, 5) is 4.06. The Bertz CT molecular complexity index is 434. The van der Waals surface area contributed by atoms with Gasteiger partial charge in [0, 0.05) is 17.4 Å². The third-order valence-electron chi connectivity index (χ3n) is 2.18. The molecule has 1 heterocycles. The number of pyridine rings is 1. The minimum absolute atomic E-state index is 0.764. The second kappa shape index (κ2) is 3.81. The van der Waals surface area contributed by atoms with Crippen LogP contribution >= 0.6 is 11.6 Å². The zero-order valence-corrected chi connectivity index (χ0v) is 8.62. The van der Waals surface area contributed by atoms with Gasteiger partial charge in [-0.25, -0.2) is 0 Å². The number of hydrogen-bond donors (Lipinski definition) is 0. The molecule has 0 amide bonds. The van der Waals surface area contributed by atoms with Crippen molar-refractivity contribution in [3.8, 4) is 11.1 Å². The Hall–Kier alpha value is -1.34. The molecule has 0 saturated carbocycles. The SMILES string of the molecule is Cc1cnccc1-c1ccc(Cl)cc1. The van der Waals surface area contributed by atoms with Crippen molar-refractivity contribution in [1.29, 1.82) is 0 Å². The summed E-state index contributed by atoms with van der Waals surface area (Å²) in [5.74, 6) is 0. The van der Waals surface area contributed by atoms with Crippen molar-refractivity contribution in [2.24, 2.45) is 0 Å². The number of aryl methyl sites for hydroxylation is 1. The van der Waals surface area contributed by atoms with Crippen molar-refractivity contribution >= 4 is 11.6 Å². The van der Waals surface area contributed by atoms with Gasteiger partial charge in [-0.15, -0.1) is 0 Å². The highest BCUT2D eigenvalue weighted by atomic mass is 35.5. The molecule has 2 heteroatoms. The van der Waals surface area contributed by atoms with Crippen LogP contribution in [0.15, 0.2) is 42.7 Å². The Labute approximate surface area is 88.4 Å². The molecule has 0 unspecified atom stereocenters. The van der Waals surface area contributed by atoms with E-state index in [0.717, 1.165) is 5.02 Å². The van der Waals surface area contributed by atoms with Crippen LogP contribution in [0.4, 0.5) is 0 Å². The molecule has 0 aliphatic heterocycles. The monoisotopic (exact) mass is 203 g/mol. The lowest BCUT2D eigenvalue weighted by Gasteiger charge is -2.04. The molecule has 2 aromatic rings. The highest BCUT2D eigenvalue weighted by Gasteiger charge is 2.00. The van der Waals surface area contributed by atoms with E-state index >= 15 is 0 Å². The van der Waals surface area contributed by atoms with Crippen LogP contribution in [0.5, 0.6) is 0 Å². The first-order valence-electron chi connectivity index (χ1n) is 4.44. The summed E-state index contributed by atoms with van der Waals surface area (Å²) in [6.45, 7) is 2.05. The predicted octanol–water partition coefficient (Wildman–Crippen LogP) is 3.71. The fourth-order valence-corrected chi connectivity index (χ4v) is 1.55. The summed E-state index contributed by atoms with van der Waals surface area (Å²) in [5.41, 5.74) is 3.56. The number of aromatic nitrogens is 1. The number of halogens is 1. The van der Waals surface area contributed by atoms with Crippen molar-refractivity contribution in [2.45, 2.75) is 6.92 Å². The summed E-state index contributed by atoms with van der Waals surface area (Å²) < 4.78 is 0. The maximum absolute atomic E-state index is 5.83. The number of benzene rings is 1. The van der Waals surface area contributed by atoms with Crippen LogP contribution in [0.2, 0.25) is 5.02 Å². The molecule has 0 atom stereocenters. The zero-order chi connectivity index (χ0) is 9.97. The van der Waals surface area contributed by atoms with Gasteiger partial charge in [-0.2, -0.15) is 0 Å². The molecule has 0 spiro atoms. The summed E-state index contributed by atoms with van der Waals surface area (Å²) in [6.07, 6.45) is 3.67. The average molecular weight is 204 g/mol. The highest BCUT2D eigenvalue weighted by Crippen LogP contribution is 2.23. The average Bonchev–Trinajstić information content (AvgIpc) is 2.20. The molecular weight excluding hydrogens is 194 g/mol. The molecule has 70 valence electrons. The number of rotatable bonds is 1. The van der Waals surface area contributed by atoms with E-state index < -0.39 is 0 Å². The van der Waals surface area contributed by atoms with E-state index in [-0.39, 0.29) is 0 Å². The topological polar surface area (TPSA) is 12.9 Å². The van der Waals surface area contributed by atoms with Gasteiger partial charge in [0.25, 0.3) is 0 Å². The molecule has 0 fully saturated rings. The quantitative estimate of drug-likeness (QED) is 0.689. The molecule has 0 radical (unpaired) electrons. The Kier molecular flexibility index (Phi) is 2.51. The maximum atomic E-state index is 5.83. The maximum Gasteiger partial charge on any atom is 0.0406 e. The third-order valence-corrected chi connectivity index (χ3v) is 2.43. The summed E-state index contributed by atoms with van der Waals surface area (Å²) in [6, 6.07) is 9.85. The minimum Gasteiger partial charge on any atom is -0.264 e. The fraction of sp³-hybridized carbons (Fsp3) is 0.0833. The Morgan fingerprint density at radius 3 is 2.43 bits per heavy atom. The first-order chi connectivity index (χ1) is 6.77. The highest BCUT2D eigenvalue weighted by molar-refractivity contribution is 6.30. The van der Waals surface area contributed by atoms with E-state index in [9.17, 15) is 0 Å². The standard InChI is InChI=1S/C12H10ClN/c1-9-8-14-7-6-12(9)10-2-4-11(13)5-3-10/h2-8H,1H3. The van der Waals surface area contributed by atoms with Crippen LogP contribution in [-0.2, 0) is 0 Å². The van der Waals surface area contributed by atoms with Crippen molar-refractivity contribution in [3.05, 3.63) is 53.3 Å². The van der Waals surface area contributed by atoms with Crippen LogP contribution in [0.1, 0.15) is 5.56 Å². The van der Waals surface area contributed by atoms with Gasteiger partial charge in [-0.3, -0.25) is 4.98 Å². The van der Waals surface area contributed by atoms with Crippen molar-refractivity contribution in [3.63, 3.8) is 0 Å². The van der Waals surface area contributed by atoms with Crippen LogP contribution in [0, 0.1) is 6.92 Å². The molecule has 0 N–H and O–H groups in total. The Morgan fingerprint density at radius 1 is 1.07 bits per heavy atom. The first-order valence-corrected chi connectivity index (χ1v) is 4.82. The van der Waals surface area contributed by atoms with Gasteiger partial charge < -0.3 is 0 Å². The molecule has 14 heavy (non-hydrogen) atoms. The molecule has 1 aromatic heterocycles. The van der Waals surface area contributed by atoms with Gasteiger partial charge in [0.1, 0.15) is 0 Å². The minimum atomic E-state index is 0.764. The molecule has 0 bridgehead atoms. The largest absolute Gasteiger partial charge is 0.264 e. The molecule has 0 saturated heterocycles. The van der Waals surface area contributed by atoms with Gasteiger partial charge in [0.2, 0.25) is 0 Å². The Balaban J connectivity index is 2.50. The second-order valence-electron chi connectivity index (χ2n) is 3.20. The van der Waals surface area contributed by atoms with Crippen LogP contribution < -0.4 is 0 Å². The van der Waals surface area contributed by atoms with E-state index in [1.807, 2.05) is 36.5 Å². The Morgan fingerprint density at radius 2 is 1.79 bits per heavy atom. The van der Waals surface area contributed by atoms with Crippen molar-refractivity contribution < 1.29 is 0 Å². The van der Waals surface area contributed by atoms with E-state index in [1.165, 1.54) is 16.7 Å². The smallest absolute Gasteiger partial charge is 0.0406 e. The number of hydrogen-bond acceptors (Lipinski definition) is 1. The van der Waals surface area contributed by atoms with Crippen molar-refractivity contribution in [2.75, 3.05) is 0 Å². The van der Waals surface area contributed by atoms with Crippen LogP contribution in [0.3, 0.4) is 0 Å². The van der Waals surface area contributed by atoms with Crippen LogP contribution in [-0.4, -0.2) is 4.98 Å². The molecular formula is C12H10ClN. The van der Waals surface area contributed by atoms with E-state index in [4.69, 9.17) is 11.6 Å². The van der Waals surface area contributed by atoms with Gasteiger partial charge in [-0.05, 0) is 41.8 Å². The summed E-state index contributed by atoms with van der Waals surface area (Å²) in [7, 11) is 0. The van der Waals surface area contributed by atoms with E-state index in [2.05, 4.69) is 11.9 Å². The third kappa shape index (κ3) is 1.78. The lowest BCUT2D eigenvalue weighted by atomic mass is 10.0. The second-order valence-corrected chi connectivity index (χ2v) is 3.63. The van der Waals surface area contributed by atoms with Gasteiger partial charge in [0.05, 0.1) is 0 Å². The van der Waals surface area contributed by atoms with Gasteiger partial charge in [-0.1, -0.05) is 23.7 Å². The fourth-order valence-electron chi connectivity index (χ4n) is 1.43.